The quantitative estimate of drug-likeness (QED) is 0.751. The summed E-state index contributed by atoms with van der Waals surface area (Å²) in [6.45, 7) is 3.97. The smallest absolute Gasteiger partial charge is 0.323 e. The Morgan fingerprint density at radius 3 is 2.55 bits per heavy atom. The lowest BCUT2D eigenvalue weighted by molar-refractivity contribution is -0.147. The SMILES string of the molecule is CCNC1(C(=O)O)CCCC(N(CC2CC2)C2CC2)C1. The molecule has 4 nitrogen and oxygen atoms in total. The number of aliphatic carboxylic acids is 1. The van der Waals surface area contributed by atoms with Gasteiger partial charge in [-0.15, -0.1) is 0 Å². The van der Waals surface area contributed by atoms with E-state index in [9.17, 15) is 9.90 Å². The van der Waals surface area contributed by atoms with Gasteiger partial charge in [-0.25, -0.2) is 0 Å². The summed E-state index contributed by atoms with van der Waals surface area (Å²) in [6, 6.07) is 1.24. The molecule has 3 fully saturated rings. The number of carboxylic acid groups (broad SMARTS) is 1. The Bertz CT molecular complexity index is 361. The molecule has 2 N–H and O–H groups in total. The van der Waals surface area contributed by atoms with Crippen LogP contribution in [0.2, 0.25) is 0 Å². The summed E-state index contributed by atoms with van der Waals surface area (Å²) in [5.41, 5.74) is -0.672. The number of rotatable bonds is 7. The van der Waals surface area contributed by atoms with Crippen molar-refractivity contribution in [1.29, 1.82) is 0 Å². The molecule has 0 amide bonds. The molecule has 0 aromatic heterocycles. The molecule has 20 heavy (non-hydrogen) atoms. The Morgan fingerprint density at radius 2 is 2.00 bits per heavy atom. The maximum atomic E-state index is 11.8. The predicted molar refractivity (Wildman–Crippen MR) is 78.8 cm³/mol. The second-order valence-corrected chi connectivity index (χ2v) is 7.04. The van der Waals surface area contributed by atoms with Crippen molar-refractivity contribution >= 4 is 5.97 Å². The van der Waals surface area contributed by atoms with Crippen molar-refractivity contribution < 1.29 is 9.90 Å². The molecule has 3 saturated carbocycles. The van der Waals surface area contributed by atoms with Crippen molar-refractivity contribution in [3.05, 3.63) is 0 Å². The van der Waals surface area contributed by atoms with Gasteiger partial charge in [0.15, 0.2) is 0 Å². The lowest BCUT2D eigenvalue weighted by Gasteiger charge is -2.43. The molecular weight excluding hydrogens is 252 g/mol. The summed E-state index contributed by atoms with van der Waals surface area (Å²) in [6.07, 6.45) is 9.21. The zero-order valence-corrected chi connectivity index (χ0v) is 12.6. The highest BCUT2D eigenvalue weighted by molar-refractivity contribution is 5.79. The van der Waals surface area contributed by atoms with E-state index in [2.05, 4.69) is 10.2 Å². The number of nitrogens with one attached hydrogen (secondary N) is 1. The van der Waals surface area contributed by atoms with E-state index in [0.717, 1.165) is 37.8 Å². The molecule has 2 unspecified atom stereocenters. The summed E-state index contributed by atoms with van der Waals surface area (Å²) in [4.78, 5) is 14.4. The number of hydrogen-bond acceptors (Lipinski definition) is 3. The summed E-state index contributed by atoms with van der Waals surface area (Å²) >= 11 is 0. The summed E-state index contributed by atoms with van der Waals surface area (Å²) in [5.74, 6) is 0.252. The Kier molecular flexibility index (Phi) is 4.04. The van der Waals surface area contributed by atoms with Gasteiger partial charge in [-0.3, -0.25) is 9.69 Å². The van der Waals surface area contributed by atoms with Gasteiger partial charge in [0, 0.05) is 18.6 Å². The Hall–Kier alpha value is -0.610. The van der Waals surface area contributed by atoms with Crippen LogP contribution in [-0.2, 0) is 4.79 Å². The first kappa shape index (κ1) is 14.3. The Balaban J connectivity index is 1.69. The van der Waals surface area contributed by atoms with Crippen LogP contribution >= 0.6 is 0 Å². The molecule has 2 atom stereocenters. The molecular formula is C16H28N2O2. The Labute approximate surface area is 121 Å². The lowest BCUT2D eigenvalue weighted by Crippen LogP contribution is -2.58. The third-order valence-electron chi connectivity index (χ3n) is 5.30. The van der Waals surface area contributed by atoms with Crippen molar-refractivity contribution in [2.75, 3.05) is 13.1 Å². The molecule has 0 radical (unpaired) electrons. The second-order valence-electron chi connectivity index (χ2n) is 7.04. The largest absolute Gasteiger partial charge is 0.480 e. The molecule has 0 spiro atoms. The van der Waals surface area contributed by atoms with E-state index in [-0.39, 0.29) is 0 Å². The predicted octanol–water partition coefficient (Wildman–Crippen LogP) is 2.24. The van der Waals surface area contributed by atoms with Gasteiger partial charge in [0.2, 0.25) is 0 Å². The van der Waals surface area contributed by atoms with Gasteiger partial charge in [0.1, 0.15) is 5.54 Å². The van der Waals surface area contributed by atoms with Crippen molar-refractivity contribution in [2.45, 2.75) is 75.9 Å². The maximum Gasteiger partial charge on any atom is 0.323 e. The molecule has 0 bridgehead atoms. The van der Waals surface area contributed by atoms with E-state index < -0.39 is 11.5 Å². The highest BCUT2D eigenvalue weighted by Gasteiger charge is 2.46. The van der Waals surface area contributed by atoms with Crippen LogP contribution in [-0.4, -0.2) is 46.7 Å². The first-order chi connectivity index (χ1) is 9.64. The third kappa shape index (κ3) is 3.01. The fourth-order valence-corrected chi connectivity index (χ4v) is 3.90. The summed E-state index contributed by atoms with van der Waals surface area (Å²) < 4.78 is 0. The van der Waals surface area contributed by atoms with Gasteiger partial charge in [0.25, 0.3) is 0 Å². The first-order valence-corrected chi connectivity index (χ1v) is 8.39. The molecule has 0 aromatic rings. The van der Waals surface area contributed by atoms with Crippen LogP contribution in [0.15, 0.2) is 0 Å². The highest BCUT2D eigenvalue weighted by atomic mass is 16.4. The van der Waals surface area contributed by atoms with Crippen LogP contribution in [0.5, 0.6) is 0 Å². The van der Waals surface area contributed by atoms with Gasteiger partial charge in [-0.2, -0.15) is 0 Å². The number of carboxylic acids is 1. The number of nitrogens with zero attached hydrogens (tertiary/aromatic N) is 1. The molecule has 3 rings (SSSR count). The molecule has 0 aliphatic heterocycles. The molecule has 3 aliphatic rings. The van der Waals surface area contributed by atoms with Crippen LogP contribution in [0.25, 0.3) is 0 Å². The van der Waals surface area contributed by atoms with Crippen molar-refractivity contribution in [1.82, 2.24) is 10.2 Å². The molecule has 3 aliphatic carbocycles. The van der Waals surface area contributed by atoms with Crippen molar-refractivity contribution in [2.24, 2.45) is 5.92 Å². The average Bonchev–Trinajstić information content (AvgIpc) is 3.29. The second kappa shape index (κ2) is 5.64. The minimum atomic E-state index is -0.672. The number of hydrogen-bond donors (Lipinski definition) is 2. The summed E-state index contributed by atoms with van der Waals surface area (Å²) in [5, 5.41) is 13.0. The first-order valence-electron chi connectivity index (χ1n) is 8.39. The standard InChI is InChI=1S/C16H28N2O2/c1-2-17-16(15(19)20)9-3-4-14(10-16)18(13-7-8-13)11-12-5-6-12/h12-14,17H,2-11H2,1H3,(H,19,20). The van der Waals surface area contributed by atoms with Gasteiger partial charge in [-0.1, -0.05) is 6.92 Å². The van der Waals surface area contributed by atoms with Crippen LogP contribution in [0.1, 0.15) is 58.3 Å². The van der Waals surface area contributed by atoms with Gasteiger partial charge in [0.05, 0.1) is 0 Å². The van der Waals surface area contributed by atoms with Crippen LogP contribution in [0.3, 0.4) is 0 Å². The van der Waals surface area contributed by atoms with E-state index in [1.165, 1.54) is 38.6 Å². The van der Waals surface area contributed by atoms with E-state index in [1.807, 2.05) is 6.92 Å². The zero-order chi connectivity index (χ0) is 14.2. The monoisotopic (exact) mass is 280 g/mol. The summed E-state index contributed by atoms with van der Waals surface area (Å²) in [7, 11) is 0. The fraction of sp³-hybridized carbons (Fsp3) is 0.938. The third-order valence-corrected chi connectivity index (χ3v) is 5.30. The highest BCUT2D eigenvalue weighted by Crippen LogP contribution is 2.40. The number of likely N-dealkylation sites (N-methyl/N-ethyl adjacent to an activating group) is 1. The van der Waals surface area contributed by atoms with E-state index >= 15 is 0 Å². The zero-order valence-electron chi connectivity index (χ0n) is 12.6. The van der Waals surface area contributed by atoms with Gasteiger partial charge in [-0.05, 0) is 63.8 Å². The lowest BCUT2D eigenvalue weighted by atomic mass is 9.78. The molecule has 0 aromatic carbocycles. The molecule has 0 heterocycles. The molecule has 114 valence electrons. The number of carbonyl (C=O) groups is 1. The normalized spacial score (nSPS) is 34.4. The van der Waals surface area contributed by atoms with Crippen LogP contribution in [0, 0.1) is 5.92 Å². The fourth-order valence-electron chi connectivity index (χ4n) is 3.90. The van der Waals surface area contributed by atoms with E-state index in [4.69, 9.17) is 0 Å². The Morgan fingerprint density at radius 1 is 1.25 bits per heavy atom. The van der Waals surface area contributed by atoms with E-state index in [1.54, 1.807) is 0 Å². The van der Waals surface area contributed by atoms with Crippen LogP contribution < -0.4 is 5.32 Å². The van der Waals surface area contributed by atoms with Crippen molar-refractivity contribution in [3.63, 3.8) is 0 Å². The maximum absolute atomic E-state index is 11.8. The van der Waals surface area contributed by atoms with Gasteiger partial charge >= 0.3 is 5.97 Å². The van der Waals surface area contributed by atoms with Crippen LogP contribution in [0.4, 0.5) is 0 Å². The molecule has 4 heteroatoms. The van der Waals surface area contributed by atoms with Crippen molar-refractivity contribution in [3.8, 4) is 0 Å². The van der Waals surface area contributed by atoms with Gasteiger partial charge < -0.3 is 10.4 Å². The minimum absolute atomic E-state index is 0.479. The topological polar surface area (TPSA) is 52.6 Å². The minimum Gasteiger partial charge on any atom is -0.480 e. The average molecular weight is 280 g/mol. The molecule has 0 saturated heterocycles. The van der Waals surface area contributed by atoms with E-state index in [0.29, 0.717) is 6.04 Å².